The molecule has 0 saturated heterocycles. The van der Waals surface area contributed by atoms with Gasteiger partial charge in [0.1, 0.15) is 4.70 Å². The smallest absolute Gasteiger partial charge is 0.316 e. The van der Waals surface area contributed by atoms with E-state index in [0.29, 0.717) is 28.5 Å². The highest BCUT2D eigenvalue weighted by atomic mass is 32.2. The summed E-state index contributed by atoms with van der Waals surface area (Å²) in [5.74, 6) is -0.175. The lowest BCUT2D eigenvalue weighted by Crippen LogP contribution is -2.23. The lowest BCUT2D eigenvalue weighted by atomic mass is 10.1. The van der Waals surface area contributed by atoms with Gasteiger partial charge in [-0.25, -0.2) is 4.98 Å². The van der Waals surface area contributed by atoms with Crippen molar-refractivity contribution in [2.24, 2.45) is 0 Å². The Morgan fingerprint density at radius 2 is 1.88 bits per heavy atom. The lowest BCUT2D eigenvalue weighted by molar-refractivity contribution is -0.140. The Balaban J connectivity index is 1.69. The van der Waals surface area contributed by atoms with E-state index in [9.17, 15) is 9.59 Å². The number of nitrogens with zero attached hydrogens (tertiary/aromatic N) is 2. The minimum absolute atomic E-state index is 0.0888. The first-order valence-electron chi connectivity index (χ1n) is 11.0. The number of benzene rings is 2. The predicted octanol–water partition coefficient (Wildman–Crippen LogP) is 5.92. The topological polar surface area (TPSA) is 61.2 Å². The highest BCUT2D eigenvalue weighted by molar-refractivity contribution is 7.99. The zero-order chi connectivity index (χ0) is 23.2. The monoisotopic (exact) mass is 478 g/mol. The second-order valence-corrected chi connectivity index (χ2v) is 9.82. The molecule has 0 unspecified atom stereocenters. The molecule has 2 aromatic carbocycles. The number of hydrogen-bond donors (Lipinski definition) is 0. The average Bonchev–Trinajstić information content (AvgIpc) is 3.25. The van der Waals surface area contributed by atoms with Gasteiger partial charge in [0.15, 0.2) is 5.16 Å². The molecule has 2 aromatic heterocycles. The van der Waals surface area contributed by atoms with Crippen molar-refractivity contribution in [1.82, 2.24) is 9.55 Å². The van der Waals surface area contributed by atoms with E-state index in [1.54, 1.807) is 4.57 Å². The van der Waals surface area contributed by atoms with Crippen LogP contribution in [-0.2, 0) is 16.1 Å². The zero-order valence-electron chi connectivity index (χ0n) is 18.7. The summed E-state index contributed by atoms with van der Waals surface area (Å²) >= 11 is 2.71. The third kappa shape index (κ3) is 5.72. The van der Waals surface area contributed by atoms with Crippen LogP contribution in [0.5, 0.6) is 0 Å². The highest BCUT2D eigenvalue weighted by Gasteiger charge is 2.17. The van der Waals surface area contributed by atoms with Crippen LogP contribution in [0.3, 0.4) is 0 Å². The number of esters is 1. The molecule has 33 heavy (non-hydrogen) atoms. The van der Waals surface area contributed by atoms with Crippen LogP contribution in [0, 0.1) is 6.92 Å². The van der Waals surface area contributed by atoms with Crippen LogP contribution in [0.15, 0.2) is 70.6 Å². The number of hydrogen-bond acceptors (Lipinski definition) is 6. The van der Waals surface area contributed by atoms with Gasteiger partial charge in [-0.05, 0) is 30.5 Å². The number of aryl methyl sites for hydroxylation is 1. The van der Waals surface area contributed by atoms with Crippen LogP contribution < -0.4 is 5.56 Å². The van der Waals surface area contributed by atoms with Crippen LogP contribution in [0.2, 0.25) is 0 Å². The van der Waals surface area contributed by atoms with Gasteiger partial charge in [-0.1, -0.05) is 85.3 Å². The van der Waals surface area contributed by atoms with Crippen molar-refractivity contribution in [2.75, 3.05) is 12.4 Å². The highest BCUT2D eigenvalue weighted by Crippen LogP contribution is 2.32. The first-order chi connectivity index (χ1) is 16.0. The zero-order valence-corrected chi connectivity index (χ0v) is 20.4. The third-order valence-electron chi connectivity index (χ3n) is 5.20. The van der Waals surface area contributed by atoms with Gasteiger partial charge in [0, 0.05) is 4.88 Å². The van der Waals surface area contributed by atoms with Gasteiger partial charge >= 0.3 is 5.97 Å². The fraction of sp³-hybridized carbons (Fsp3) is 0.269. The van der Waals surface area contributed by atoms with Crippen molar-refractivity contribution >= 4 is 39.3 Å². The van der Waals surface area contributed by atoms with E-state index in [1.165, 1.54) is 28.7 Å². The number of thiophene rings is 1. The molecule has 0 aliphatic heterocycles. The Morgan fingerprint density at radius 3 is 2.61 bits per heavy atom. The number of unbranched alkanes of at least 4 members (excludes halogenated alkanes) is 1. The second-order valence-electron chi connectivity index (χ2n) is 7.83. The molecule has 7 heteroatoms. The largest absolute Gasteiger partial charge is 0.465 e. The number of aromatic nitrogens is 2. The molecular weight excluding hydrogens is 452 g/mol. The number of rotatable bonds is 9. The Morgan fingerprint density at radius 1 is 1.12 bits per heavy atom. The van der Waals surface area contributed by atoms with Crippen LogP contribution in [0.1, 0.15) is 30.9 Å². The minimum atomic E-state index is -0.292. The molecule has 5 nitrogen and oxygen atoms in total. The van der Waals surface area contributed by atoms with Crippen LogP contribution in [0.4, 0.5) is 0 Å². The average molecular weight is 479 g/mol. The maximum absolute atomic E-state index is 13.5. The number of fused-ring (bicyclic) bond motifs is 1. The van der Waals surface area contributed by atoms with E-state index in [4.69, 9.17) is 9.72 Å². The van der Waals surface area contributed by atoms with Crippen LogP contribution in [-0.4, -0.2) is 27.9 Å². The number of carbonyl (C=O) groups excluding carboxylic acids is 1. The van der Waals surface area contributed by atoms with Crippen molar-refractivity contribution in [3.63, 3.8) is 0 Å². The molecule has 0 atom stereocenters. The molecule has 0 aliphatic carbocycles. The molecule has 4 rings (SSSR count). The summed E-state index contributed by atoms with van der Waals surface area (Å²) in [7, 11) is 0. The van der Waals surface area contributed by atoms with E-state index >= 15 is 0 Å². The minimum Gasteiger partial charge on any atom is -0.465 e. The number of carbonyl (C=O) groups is 1. The number of thioether (sulfide) groups is 1. The van der Waals surface area contributed by atoms with Gasteiger partial charge < -0.3 is 4.74 Å². The first-order valence-corrected chi connectivity index (χ1v) is 12.8. The molecule has 0 amide bonds. The molecule has 0 N–H and O–H groups in total. The van der Waals surface area contributed by atoms with Gasteiger partial charge in [-0.2, -0.15) is 0 Å². The quantitative estimate of drug-likeness (QED) is 0.129. The van der Waals surface area contributed by atoms with E-state index in [-0.39, 0.29) is 17.3 Å². The van der Waals surface area contributed by atoms with Crippen molar-refractivity contribution in [3.8, 4) is 10.4 Å². The fourth-order valence-electron chi connectivity index (χ4n) is 3.36. The van der Waals surface area contributed by atoms with E-state index in [1.807, 2.05) is 36.4 Å². The molecule has 0 radical (unpaired) electrons. The number of ether oxygens (including phenoxy) is 1. The van der Waals surface area contributed by atoms with Gasteiger partial charge in [-0.3, -0.25) is 14.2 Å². The van der Waals surface area contributed by atoms with Crippen molar-refractivity contribution in [3.05, 3.63) is 82.1 Å². The Hall–Kier alpha value is -2.90. The van der Waals surface area contributed by atoms with Crippen molar-refractivity contribution in [2.45, 2.75) is 38.4 Å². The summed E-state index contributed by atoms with van der Waals surface area (Å²) in [4.78, 5) is 31.5. The Kier molecular flexibility index (Phi) is 7.62. The normalized spacial score (nSPS) is 11.1. The molecule has 0 spiro atoms. The van der Waals surface area contributed by atoms with Crippen LogP contribution >= 0.6 is 23.1 Å². The van der Waals surface area contributed by atoms with Gasteiger partial charge in [0.2, 0.25) is 0 Å². The molecule has 4 aromatic rings. The first kappa shape index (κ1) is 23.3. The van der Waals surface area contributed by atoms with Crippen molar-refractivity contribution in [1.29, 1.82) is 0 Å². The SMILES string of the molecule is CCCCOC(=O)CSc1nc2cc(-c3ccc(C)cc3)sc2c(=O)n1Cc1ccccc1. The fourth-order valence-corrected chi connectivity index (χ4v) is 5.21. The summed E-state index contributed by atoms with van der Waals surface area (Å²) in [5.41, 5.74) is 3.82. The summed E-state index contributed by atoms with van der Waals surface area (Å²) in [6.07, 6.45) is 1.81. The van der Waals surface area contributed by atoms with Gasteiger partial charge in [0.05, 0.1) is 24.4 Å². The van der Waals surface area contributed by atoms with Crippen LogP contribution in [0.25, 0.3) is 20.7 Å². The molecular formula is C26H26N2O3S2. The standard InChI is InChI=1S/C26H26N2O3S2/c1-3-4-14-31-23(29)17-32-26-27-21-15-22(20-12-10-18(2)11-13-20)33-24(21)25(30)28(26)16-19-8-6-5-7-9-19/h5-13,15H,3-4,14,16-17H2,1-2H3. The van der Waals surface area contributed by atoms with Gasteiger partial charge in [0.25, 0.3) is 5.56 Å². The van der Waals surface area contributed by atoms with E-state index in [0.717, 1.165) is 28.8 Å². The van der Waals surface area contributed by atoms with E-state index < -0.39 is 0 Å². The van der Waals surface area contributed by atoms with Gasteiger partial charge in [-0.15, -0.1) is 11.3 Å². The Bertz CT molecular complexity index is 1300. The lowest BCUT2D eigenvalue weighted by Gasteiger charge is -2.12. The summed E-state index contributed by atoms with van der Waals surface area (Å²) in [5, 5.41) is 0.525. The molecule has 0 aliphatic rings. The molecule has 0 saturated carbocycles. The maximum atomic E-state index is 13.5. The third-order valence-corrected chi connectivity index (χ3v) is 7.31. The summed E-state index contributed by atoms with van der Waals surface area (Å²) in [6, 6.07) is 20.0. The molecule has 170 valence electrons. The molecule has 0 bridgehead atoms. The molecule has 0 fully saturated rings. The molecule has 2 heterocycles. The van der Waals surface area contributed by atoms with Crippen molar-refractivity contribution < 1.29 is 9.53 Å². The second kappa shape index (κ2) is 10.8. The maximum Gasteiger partial charge on any atom is 0.316 e. The predicted molar refractivity (Wildman–Crippen MR) is 136 cm³/mol. The summed E-state index contributed by atoms with van der Waals surface area (Å²) in [6.45, 7) is 4.92. The summed E-state index contributed by atoms with van der Waals surface area (Å²) < 4.78 is 7.56. The van der Waals surface area contributed by atoms with E-state index in [2.05, 4.69) is 38.1 Å². The Labute approximate surface area is 201 Å².